The number of carbonyl (C=O) groups is 4. The molecule has 3 atom stereocenters. The molecule has 5 N–H and O–H groups in total. The van der Waals surface area contributed by atoms with Crippen molar-refractivity contribution in [3.8, 4) is 0 Å². The number of hydrogen-bond acceptors (Lipinski definition) is 5. The average molecular weight is 507 g/mol. The Kier molecular flexibility index (Phi) is 8.19. The first-order valence-electron chi connectivity index (χ1n) is 12.2. The number of nitrogens with zero attached hydrogens (tertiary/aromatic N) is 1. The predicted molar refractivity (Wildman–Crippen MR) is 136 cm³/mol. The summed E-state index contributed by atoms with van der Waals surface area (Å²) >= 11 is 0. The van der Waals surface area contributed by atoms with E-state index in [2.05, 4.69) is 15.6 Å². The van der Waals surface area contributed by atoms with Crippen LogP contribution in [0.3, 0.4) is 0 Å². The largest absolute Gasteiger partial charge is 0.480 e. The predicted octanol–water partition coefficient (Wildman–Crippen LogP) is 1.90. The van der Waals surface area contributed by atoms with Crippen molar-refractivity contribution in [3.63, 3.8) is 0 Å². The number of nitrogens with one attached hydrogen (secondary N) is 3. The third-order valence-corrected chi connectivity index (χ3v) is 6.64. The van der Waals surface area contributed by atoms with Crippen molar-refractivity contribution in [2.24, 2.45) is 0 Å². The molecule has 1 aromatic heterocycles. The van der Waals surface area contributed by atoms with Gasteiger partial charge in [0, 0.05) is 30.2 Å². The fourth-order valence-electron chi connectivity index (χ4n) is 4.74. The number of carbonyl (C=O) groups excluding carboxylic acids is 2. The number of likely N-dealkylation sites (tertiary alicyclic amines) is 1. The van der Waals surface area contributed by atoms with Gasteiger partial charge < -0.3 is 25.4 Å². The van der Waals surface area contributed by atoms with Crippen molar-refractivity contribution in [1.82, 2.24) is 20.5 Å². The first-order valence-corrected chi connectivity index (χ1v) is 12.2. The molecule has 2 heterocycles. The SMILES string of the molecule is O=C(CC(N[C@@H](Cc1c[nH]c2ccccc12)C(=O)N1CCC[C@@H]1C(=O)O)C(=O)O)NCc1ccccc1. The molecular formula is C27H30N4O6. The molecule has 0 aliphatic carbocycles. The quantitative estimate of drug-likeness (QED) is 0.266. The zero-order valence-corrected chi connectivity index (χ0v) is 20.2. The Bertz CT molecular complexity index is 1270. The van der Waals surface area contributed by atoms with Crippen molar-refractivity contribution in [1.29, 1.82) is 0 Å². The average Bonchev–Trinajstić information content (AvgIpc) is 3.54. The number of carboxylic acid groups (broad SMARTS) is 2. The lowest BCUT2D eigenvalue weighted by Crippen LogP contribution is -2.55. The second-order valence-corrected chi connectivity index (χ2v) is 9.17. The van der Waals surface area contributed by atoms with Gasteiger partial charge in [-0.1, -0.05) is 48.5 Å². The number of fused-ring (bicyclic) bond motifs is 1. The van der Waals surface area contributed by atoms with Gasteiger partial charge in [0.2, 0.25) is 11.8 Å². The van der Waals surface area contributed by atoms with Gasteiger partial charge in [0.15, 0.2) is 0 Å². The standard InChI is InChI=1S/C27H30N4O6/c32-24(29-15-17-7-2-1-3-8-17)14-22(26(34)35)30-21(25(33)31-12-6-11-23(31)27(36)37)13-18-16-28-20-10-5-4-9-19(18)20/h1-5,7-10,16,21-23,28,30H,6,11-15H2,(H,29,32)(H,34,35)(H,36,37)/t21-,22?,23+/m0/s1. The maximum absolute atomic E-state index is 13.6. The van der Waals surface area contributed by atoms with Gasteiger partial charge in [0.1, 0.15) is 12.1 Å². The molecule has 10 nitrogen and oxygen atoms in total. The van der Waals surface area contributed by atoms with Crippen LogP contribution in [0.2, 0.25) is 0 Å². The highest BCUT2D eigenvalue weighted by Gasteiger charge is 2.39. The molecule has 1 aliphatic rings. The van der Waals surface area contributed by atoms with Crippen LogP contribution in [0, 0.1) is 0 Å². The lowest BCUT2D eigenvalue weighted by Gasteiger charge is -2.29. The Morgan fingerprint density at radius 1 is 1.00 bits per heavy atom. The highest BCUT2D eigenvalue weighted by molar-refractivity contribution is 5.90. The van der Waals surface area contributed by atoms with E-state index in [9.17, 15) is 29.4 Å². The Morgan fingerprint density at radius 2 is 1.73 bits per heavy atom. The van der Waals surface area contributed by atoms with Crippen LogP contribution in [-0.4, -0.2) is 68.5 Å². The number of carboxylic acids is 2. The molecule has 1 unspecified atom stereocenters. The van der Waals surface area contributed by atoms with Crippen LogP contribution >= 0.6 is 0 Å². The number of amides is 2. The number of aromatic nitrogens is 1. The van der Waals surface area contributed by atoms with Gasteiger partial charge in [-0.25, -0.2) is 4.79 Å². The van der Waals surface area contributed by atoms with E-state index in [1.165, 1.54) is 4.90 Å². The number of para-hydroxylation sites is 1. The van der Waals surface area contributed by atoms with Crippen LogP contribution in [0.4, 0.5) is 0 Å². The number of hydrogen-bond donors (Lipinski definition) is 5. The third kappa shape index (κ3) is 6.34. The summed E-state index contributed by atoms with van der Waals surface area (Å²) in [6.45, 7) is 0.523. The summed E-state index contributed by atoms with van der Waals surface area (Å²) < 4.78 is 0. The van der Waals surface area contributed by atoms with Crippen molar-refractivity contribution in [2.45, 2.75) is 50.4 Å². The summed E-state index contributed by atoms with van der Waals surface area (Å²) in [6, 6.07) is 13.4. The number of rotatable bonds is 11. The highest BCUT2D eigenvalue weighted by Crippen LogP contribution is 2.23. The zero-order chi connectivity index (χ0) is 26.4. The molecule has 1 saturated heterocycles. The normalized spacial score (nSPS) is 16.9. The summed E-state index contributed by atoms with van der Waals surface area (Å²) in [5.41, 5.74) is 2.52. The second kappa shape index (κ2) is 11.7. The molecule has 0 spiro atoms. The molecule has 4 rings (SSSR count). The minimum atomic E-state index is -1.35. The zero-order valence-electron chi connectivity index (χ0n) is 20.2. The van der Waals surface area contributed by atoms with Crippen LogP contribution in [0.5, 0.6) is 0 Å². The molecule has 10 heteroatoms. The lowest BCUT2D eigenvalue weighted by molar-refractivity contribution is -0.150. The van der Waals surface area contributed by atoms with Crippen molar-refractivity contribution in [3.05, 3.63) is 71.9 Å². The fourth-order valence-corrected chi connectivity index (χ4v) is 4.74. The topological polar surface area (TPSA) is 152 Å². The molecular weight excluding hydrogens is 476 g/mol. The molecule has 0 bridgehead atoms. The first kappa shape index (κ1) is 25.9. The van der Waals surface area contributed by atoms with Gasteiger partial charge in [-0.2, -0.15) is 0 Å². The summed E-state index contributed by atoms with van der Waals surface area (Å²) in [5.74, 6) is -3.34. The smallest absolute Gasteiger partial charge is 0.326 e. The molecule has 1 aliphatic heterocycles. The van der Waals surface area contributed by atoms with E-state index >= 15 is 0 Å². The molecule has 37 heavy (non-hydrogen) atoms. The Labute approximate surface area is 213 Å². The molecule has 2 aromatic carbocycles. The van der Waals surface area contributed by atoms with Gasteiger partial charge in [0.25, 0.3) is 0 Å². The molecule has 1 fully saturated rings. The Balaban J connectivity index is 1.53. The van der Waals surface area contributed by atoms with Crippen LogP contribution < -0.4 is 10.6 Å². The first-order chi connectivity index (χ1) is 17.8. The summed E-state index contributed by atoms with van der Waals surface area (Å²) in [5, 5.41) is 25.9. The molecule has 3 aromatic rings. The van der Waals surface area contributed by atoms with Crippen LogP contribution in [0.15, 0.2) is 60.8 Å². The monoisotopic (exact) mass is 506 g/mol. The summed E-state index contributed by atoms with van der Waals surface area (Å²) in [4.78, 5) is 54.4. The molecule has 0 radical (unpaired) electrons. The number of benzene rings is 2. The lowest BCUT2D eigenvalue weighted by atomic mass is 10.0. The van der Waals surface area contributed by atoms with Gasteiger partial charge >= 0.3 is 11.9 Å². The van der Waals surface area contributed by atoms with Crippen LogP contribution in [0.25, 0.3) is 10.9 Å². The number of H-pyrrole nitrogens is 1. The molecule has 194 valence electrons. The molecule has 0 saturated carbocycles. The van der Waals surface area contributed by atoms with E-state index in [0.717, 1.165) is 22.0 Å². The van der Waals surface area contributed by atoms with Crippen LogP contribution in [0.1, 0.15) is 30.4 Å². The Hall–Kier alpha value is -4.18. The summed E-state index contributed by atoms with van der Waals surface area (Å²) in [6.07, 6.45) is 2.38. The van der Waals surface area contributed by atoms with E-state index in [1.54, 1.807) is 6.20 Å². The van der Waals surface area contributed by atoms with E-state index in [1.807, 2.05) is 54.6 Å². The maximum Gasteiger partial charge on any atom is 0.326 e. The van der Waals surface area contributed by atoms with E-state index in [4.69, 9.17) is 0 Å². The van der Waals surface area contributed by atoms with E-state index in [-0.39, 0.29) is 25.9 Å². The minimum Gasteiger partial charge on any atom is -0.480 e. The number of aliphatic carboxylic acids is 2. The van der Waals surface area contributed by atoms with Gasteiger partial charge in [-0.05, 0) is 36.5 Å². The number of aromatic amines is 1. The summed E-state index contributed by atoms with van der Waals surface area (Å²) in [7, 11) is 0. The van der Waals surface area contributed by atoms with Crippen molar-refractivity contribution in [2.75, 3.05) is 6.54 Å². The molecule has 2 amide bonds. The highest BCUT2D eigenvalue weighted by atomic mass is 16.4. The van der Waals surface area contributed by atoms with Gasteiger partial charge in [-0.15, -0.1) is 0 Å². The van der Waals surface area contributed by atoms with Gasteiger partial charge in [-0.3, -0.25) is 19.7 Å². The van der Waals surface area contributed by atoms with Crippen molar-refractivity contribution >= 4 is 34.7 Å². The van der Waals surface area contributed by atoms with Crippen LogP contribution in [-0.2, 0) is 32.1 Å². The maximum atomic E-state index is 13.6. The fraction of sp³-hybridized carbons (Fsp3) is 0.333. The minimum absolute atomic E-state index is 0.126. The third-order valence-electron chi connectivity index (χ3n) is 6.64. The van der Waals surface area contributed by atoms with E-state index in [0.29, 0.717) is 12.8 Å². The van der Waals surface area contributed by atoms with E-state index < -0.39 is 41.9 Å². The van der Waals surface area contributed by atoms with Crippen molar-refractivity contribution < 1.29 is 29.4 Å². The van der Waals surface area contributed by atoms with Gasteiger partial charge in [0.05, 0.1) is 12.5 Å². The second-order valence-electron chi connectivity index (χ2n) is 9.17. The Morgan fingerprint density at radius 3 is 2.46 bits per heavy atom.